The summed E-state index contributed by atoms with van der Waals surface area (Å²) in [5, 5.41) is 3.84. The molecule has 0 aromatic rings. The van der Waals surface area contributed by atoms with E-state index in [1.807, 2.05) is 13.8 Å². The largest absolute Gasteiger partial charge is 0.663 e. The summed E-state index contributed by atoms with van der Waals surface area (Å²) in [7, 11) is 1.74. The van der Waals surface area contributed by atoms with E-state index in [9.17, 15) is 4.79 Å². The number of carbonyl (C=O) groups is 1. The third-order valence-corrected chi connectivity index (χ3v) is 1.06. The average Bonchev–Trinajstić information content (AvgIpc) is 2.07. The smallest absolute Gasteiger partial charge is 0.132 e. The minimum Gasteiger partial charge on any atom is -0.663 e. The monoisotopic (exact) mass is 263 g/mol. The first-order valence-corrected chi connectivity index (χ1v) is 4.40. The first-order chi connectivity index (χ1) is 5.77. The number of nitrogens with zero attached hydrogens (tertiary/aromatic N) is 1. The van der Waals surface area contributed by atoms with Gasteiger partial charge in [-0.3, -0.25) is 4.79 Å². The van der Waals surface area contributed by atoms with Crippen LogP contribution in [-0.4, -0.2) is 32.6 Å². The van der Waals surface area contributed by atoms with Gasteiger partial charge in [0.1, 0.15) is 5.78 Å². The summed E-state index contributed by atoms with van der Waals surface area (Å²) in [4.78, 5) is 10.4. The van der Waals surface area contributed by atoms with Crippen LogP contribution in [0.3, 0.4) is 0 Å². The van der Waals surface area contributed by atoms with Crippen molar-refractivity contribution in [3.8, 4) is 0 Å². The Hall–Kier alpha value is 0.694. The number of rotatable bonds is 6. The van der Waals surface area contributed by atoms with Gasteiger partial charge in [-0.05, 0) is 6.92 Å². The van der Waals surface area contributed by atoms with E-state index < -0.39 is 0 Å². The van der Waals surface area contributed by atoms with E-state index in [1.54, 1.807) is 14.0 Å². The van der Waals surface area contributed by atoms with Gasteiger partial charge in [-0.2, -0.15) is 7.05 Å². The summed E-state index contributed by atoms with van der Waals surface area (Å²) in [6, 6.07) is 0. The maximum atomic E-state index is 10.4. The Morgan fingerprint density at radius 1 is 1.31 bits per heavy atom. The molecule has 0 bridgehead atoms. The van der Waals surface area contributed by atoms with E-state index >= 15 is 0 Å². The molecule has 0 fully saturated rings. The van der Waals surface area contributed by atoms with Crippen LogP contribution >= 0.6 is 0 Å². The summed E-state index contributed by atoms with van der Waals surface area (Å²) < 4.78 is 5.07. The number of carbonyl (C=O) groups excluding carboxylic acids is 1. The van der Waals surface area contributed by atoms with Gasteiger partial charge in [-0.1, -0.05) is 13.8 Å². The van der Waals surface area contributed by atoms with E-state index in [1.165, 1.54) is 0 Å². The molecular weight excluding hydrogens is 243 g/mol. The van der Waals surface area contributed by atoms with Gasteiger partial charge in [0, 0.05) is 45.7 Å². The first-order valence-electron chi connectivity index (χ1n) is 4.40. The van der Waals surface area contributed by atoms with Crippen molar-refractivity contribution in [3.63, 3.8) is 0 Å². The standard InChI is InChI=1S/C7H14NO2.C2H6.Y/c1-7(9)3-5-10-6-4-8-2;1-2;/h3-6H2,1-2H3;1-2H3;/q-1;;. The zero-order valence-electron chi connectivity index (χ0n) is 9.17. The molecule has 0 saturated heterocycles. The molecule has 0 aliphatic carbocycles. The molecule has 77 valence electrons. The average molecular weight is 263 g/mol. The fourth-order valence-electron chi connectivity index (χ4n) is 0.474. The van der Waals surface area contributed by atoms with Crippen LogP contribution in [0, 0.1) is 0 Å². The molecule has 4 heteroatoms. The van der Waals surface area contributed by atoms with Crippen LogP contribution in [0.25, 0.3) is 5.32 Å². The van der Waals surface area contributed by atoms with Crippen molar-refractivity contribution in [1.82, 2.24) is 0 Å². The van der Waals surface area contributed by atoms with Crippen molar-refractivity contribution in [1.29, 1.82) is 0 Å². The Morgan fingerprint density at radius 3 is 2.23 bits per heavy atom. The second-order valence-corrected chi connectivity index (χ2v) is 2.10. The van der Waals surface area contributed by atoms with Gasteiger partial charge in [0.25, 0.3) is 0 Å². The maximum Gasteiger partial charge on any atom is 0.132 e. The topological polar surface area (TPSA) is 40.4 Å². The molecule has 0 saturated carbocycles. The van der Waals surface area contributed by atoms with Crippen molar-refractivity contribution in [2.75, 3.05) is 26.8 Å². The number of Topliss-reactive ketones (excluding diaryl/α,β-unsaturated/α-hetero) is 1. The van der Waals surface area contributed by atoms with Gasteiger partial charge in [0.15, 0.2) is 0 Å². The van der Waals surface area contributed by atoms with Crippen LogP contribution in [0.1, 0.15) is 27.2 Å². The minimum absolute atomic E-state index is 0. The summed E-state index contributed by atoms with van der Waals surface area (Å²) in [6.07, 6.45) is 0.518. The van der Waals surface area contributed by atoms with Crippen LogP contribution in [0.15, 0.2) is 0 Å². The van der Waals surface area contributed by atoms with Gasteiger partial charge in [-0.25, -0.2) is 0 Å². The van der Waals surface area contributed by atoms with Crippen LogP contribution in [0.2, 0.25) is 0 Å². The molecule has 0 spiro atoms. The molecule has 0 rings (SSSR count). The molecule has 1 radical (unpaired) electrons. The molecule has 0 aromatic carbocycles. The van der Waals surface area contributed by atoms with Crippen molar-refractivity contribution in [2.24, 2.45) is 0 Å². The van der Waals surface area contributed by atoms with Gasteiger partial charge < -0.3 is 10.1 Å². The number of hydrogen-bond donors (Lipinski definition) is 0. The van der Waals surface area contributed by atoms with E-state index in [-0.39, 0.29) is 38.5 Å². The Labute approximate surface area is 107 Å². The number of likely N-dealkylation sites (N-methyl/N-ethyl adjacent to an activating group) is 1. The molecule has 0 N–H and O–H groups in total. The first kappa shape index (κ1) is 19.3. The molecule has 0 amide bonds. The Balaban J connectivity index is -0.000000309. The van der Waals surface area contributed by atoms with E-state index in [0.29, 0.717) is 19.6 Å². The van der Waals surface area contributed by atoms with Gasteiger partial charge in [0.2, 0.25) is 0 Å². The molecule has 0 aliphatic rings. The van der Waals surface area contributed by atoms with Gasteiger partial charge >= 0.3 is 0 Å². The maximum absolute atomic E-state index is 10.4. The molecule has 0 unspecified atom stereocenters. The second kappa shape index (κ2) is 18.5. The predicted octanol–water partition coefficient (Wildman–Crippen LogP) is 2.01. The van der Waals surface area contributed by atoms with Crippen LogP contribution in [0.4, 0.5) is 0 Å². The zero-order valence-corrected chi connectivity index (χ0v) is 12.0. The quantitative estimate of drug-likeness (QED) is 0.688. The van der Waals surface area contributed by atoms with E-state index in [0.717, 1.165) is 6.54 Å². The van der Waals surface area contributed by atoms with Crippen molar-refractivity contribution >= 4 is 5.78 Å². The summed E-state index contributed by atoms with van der Waals surface area (Å²) in [5.41, 5.74) is 0. The summed E-state index contributed by atoms with van der Waals surface area (Å²) >= 11 is 0. The minimum atomic E-state index is 0. The normalized spacial score (nSPS) is 8.00. The third kappa shape index (κ3) is 24.5. The molecule has 0 aromatic heterocycles. The number of hydrogen-bond acceptors (Lipinski definition) is 2. The Morgan fingerprint density at radius 2 is 1.85 bits per heavy atom. The molecule has 0 aliphatic heterocycles. The van der Waals surface area contributed by atoms with Crippen LogP contribution in [-0.2, 0) is 42.2 Å². The van der Waals surface area contributed by atoms with Crippen molar-refractivity contribution in [3.05, 3.63) is 5.32 Å². The predicted molar refractivity (Wildman–Crippen MR) is 51.6 cm³/mol. The fraction of sp³-hybridized carbons (Fsp3) is 0.889. The van der Waals surface area contributed by atoms with Crippen LogP contribution < -0.4 is 0 Å². The molecular formula is C9H20NO2Y-. The number of ether oxygens (including phenoxy) is 1. The van der Waals surface area contributed by atoms with E-state index in [4.69, 9.17) is 4.74 Å². The van der Waals surface area contributed by atoms with Gasteiger partial charge in [-0.15, -0.1) is 6.54 Å². The third-order valence-electron chi connectivity index (χ3n) is 1.06. The number of ketones is 1. The van der Waals surface area contributed by atoms with E-state index in [2.05, 4.69) is 5.32 Å². The van der Waals surface area contributed by atoms with Crippen molar-refractivity contribution < 1.29 is 42.2 Å². The fourth-order valence-corrected chi connectivity index (χ4v) is 0.474. The molecule has 0 heterocycles. The second-order valence-electron chi connectivity index (χ2n) is 2.10. The summed E-state index contributed by atoms with van der Waals surface area (Å²) in [5.74, 6) is 0.174. The molecule has 0 atom stereocenters. The van der Waals surface area contributed by atoms with Crippen molar-refractivity contribution in [2.45, 2.75) is 27.2 Å². The Bertz CT molecular complexity index is 99.6. The van der Waals surface area contributed by atoms with Crippen LogP contribution in [0.5, 0.6) is 0 Å². The molecule has 3 nitrogen and oxygen atoms in total. The SMILES string of the molecule is CC.C[N-]CCOCCC(C)=O.[Y]. The zero-order chi connectivity index (χ0) is 9.82. The Kier molecular flexibility index (Phi) is 27.4. The van der Waals surface area contributed by atoms with Gasteiger partial charge in [0.05, 0.1) is 6.61 Å². The molecule has 13 heavy (non-hydrogen) atoms. The summed E-state index contributed by atoms with van der Waals surface area (Å²) in [6.45, 7) is 7.44.